The lowest BCUT2D eigenvalue weighted by Crippen LogP contribution is -2.67. The molecule has 18 heteroatoms. The van der Waals surface area contributed by atoms with Gasteiger partial charge in [-0.15, -0.1) is 5.10 Å². The number of rotatable bonds is 10. The molecular formula is C20H32N4O14. The quantitative estimate of drug-likeness (QED) is 0.129. The van der Waals surface area contributed by atoms with Crippen LogP contribution in [-0.2, 0) is 30.4 Å². The van der Waals surface area contributed by atoms with Crippen LogP contribution in [0.25, 0.3) is 0 Å². The van der Waals surface area contributed by atoms with E-state index >= 15 is 0 Å². The Labute approximate surface area is 214 Å². The van der Waals surface area contributed by atoms with E-state index in [0.717, 1.165) is 17.8 Å². The van der Waals surface area contributed by atoms with Gasteiger partial charge in [-0.25, -0.2) is 9.48 Å². The molecule has 10 N–H and O–H groups in total. The summed E-state index contributed by atoms with van der Waals surface area (Å²) >= 11 is 0. The van der Waals surface area contributed by atoms with Crippen molar-refractivity contribution in [1.29, 1.82) is 0 Å². The third kappa shape index (κ3) is 6.10. The van der Waals surface area contributed by atoms with Crippen LogP contribution in [0.1, 0.15) is 25.3 Å². The highest BCUT2D eigenvalue weighted by Gasteiger charge is 2.56. The molecule has 0 radical (unpaired) electrons. The number of nitrogens with zero attached hydrogens (tertiary/aromatic N) is 3. The van der Waals surface area contributed by atoms with Crippen molar-refractivity contribution in [2.45, 2.75) is 86.8 Å². The van der Waals surface area contributed by atoms with Gasteiger partial charge < -0.3 is 65.5 Å². The van der Waals surface area contributed by atoms with Gasteiger partial charge in [0, 0.05) is 13.3 Å². The number of carbonyl (C=O) groups excluding carboxylic acids is 1. The molecule has 1 aromatic rings. The zero-order valence-electron chi connectivity index (χ0n) is 20.1. The van der Waals surface area contributed by atoms with Crippen LogP contribution < -0.4 is 5.32 Å². The first-order chi connectivity index (χ1) is 17.8. The number of aliphatic carboxylic acids is 1. The number of aliphatic hydroxyl groups excluding tert-OH is 8. The van der Waals surface area contributed by atoms with Gasteiger partial charge in [0.15, 0.2) is 6.23 Å². The third-order valence-electron chi connectivity index (χ3n) is 6.33. The normalized spacial score (nSPS) is 37.4. The van der Waals surface area contributed by atoms with Gasteiger partial charge in [0.05, 0.1) is 38.2 Å². The van der Waals surface area contributed by atoms with E-state index in [1.807, 2.05) is 0 Å². The van der Waals surface area contributed by atoms with Crippen molar-refractivity contribution >= 4 is 11.9 Å². The fourth-order valence-corrected chi connectivity index (χ4v) is 4.27. The lowest BCUT2D eigenvalue weighted by molar-refractivity contribution is -0.315. The van der Waals surface area contributed by atoms with Crippen molar-refractivity contribution in [2.75, 3.05) is 13.2 Å². The number of ether oxygens (including phenoxy) is 3. The number of carbonyl (C=O) groups is 2. The van der Waals surface area contributed by atoms with Crippen molar-refractivity contribution in [1.82, 2.24) is 20.3 Å². The Kier molecular flexibility index (Phi) is 9.71. The molecule has 2 saturated heterocycles. The molecule has 2 aliphatic heterocycles. The van der Waals surface area contributed by atoms with Crippen LogP contribution in [-0.4, -0.2) is 147 Å². The summed E-state index contributed by atoms with van der Waals surface area (Å²) in [7, 11) is 0. The number of amides is 1. The molecule has 11 atom stereocenters. The maximum Gasteiger partial charge on any atom is 0.364 e. The van der Waals surface area contributed by atoms with Crippen LogP contribution in [0, 0.1) is 0 Å². The summed E-state index contributed by atoms with van der Waals surface area (Å²) < 4.78 is 17.3. The van der Waals surface area contributed by atoms with Crippen LogP contribution in [0.2, 0.25) is 0 Å². The number of aromatic nitrogens is 3. The predicted octanol–water partition coefficient (Wildman–Crippen LogP) is -6.08. The van der Waals surface area contributed by atoms with Crippen LogP contribution in [0.15, 0.2) is 6.20 Å². The van der Waals surface area contributed by atoms with Crippen LogP contribution in [0.4, 0.5) is 0 Å². The molecule has 38 heavy (non-hydrogen) atoms. The topological polar surface area (TPSA) is 287 Å². The molecule has 0 spiro atoms. The molecule has 3 rings (SSSR count). The van der Waals surface area contributed by atoms with E-state index in [1.165, 1.54) is 0 Å². The Hall–Kier alpha value is -2.36. The van der Waals surface area contributed by atoms with Crippen LogP contribution >= 0.6 is 0 Å². The molecule has 1 aromatic heterocycles. The van der Waals surface area contributed by atoms with Crippen LogP contribution in [0.5, 0.6) is 0 Å². The fourth-order valence-electron chi connectivity index (χ4n) is 4.27. The molecule has 0 aromatic carbocycles. The molecule has 2 aliphatic rings. The zero-order chi connectivity index (χ0) is 28.4. The molecule has 2 fully saturated rings. The predicted molar refractivity (Wildman–Crippen MR) is 116 cm³/mol. The van der Waals surface area contributed by atoms with Gasteiger partial charge in [0.1, 0.15) is 48.4 Å². The second kappa shape index (κ2) is 12.2. The second-order valence-corrected chi connectivity index (χ2v) is 9.08. The Morgan fingerprint density at radius 1 is 1.21 bits per heavy atom. The second-order valence-electron chi connectivity index (χ2n) is 9.08. The molecule has 0 unspecified atom stereocenters. The minimum Gasteiger partial charge on any atom is -0.477 e. The lowest BCUT2D eigenvalue weighted by Gasteiger charge is -2.46. The minimum atomic E-state index is -2.61. The van der Waals surface area contributed by atoms with Gasteiger partial charge >= 0.3 is 5.97 Å². The lowest BCUT2D eigenvalue weighted by atomic mass is 9.88. The zero-order valence-corrected chi connectivity index (χ0v) is 20.1. The van der Waals surface area contributed by atoms with Crippen molar-refractivity contribution in [3.8, 4) is 0 Å². The number of carboxylic acids is 1. The molecule has 0 saturated carbocycles. The monoisotopic (exact) mass is 552 g/mol. The highest BCUT2D eigenvalue weighted by atomic mass is 16.7. The highest BCUT2D eigenvalue weighted by molar-refractivity contribution is 5.76. The molecule has 18 nitrogen and oxygen atoms in total. The van der Waals surface area contributed by atoms with E-state index in [0.29, 0.717) is 0 Å². The van der Waals surface area contributed by atoms with Crippen molar-refractivity contribution in [2.24, 2.45) is 0 Å². The molecule has 3 heterocycles. The summed E-state index contributed by atoms with van der Waals surface area (Å²) in [4.78, 5) is 23.8. The molecule has 0 bridgehead atoms. The molecule has 0 aliphatic carbocycles. The first-order valence-electron chi connectivity index (χ1n) is 11.5. The Balaban J connectivity index is 1.80. The average molecular weight is 552 g/mol. The fraction of sp³-hybridized carbons (Fsp3) is 0.800. The van der Waals surface area contributed by atoms with Gasteiger partial charge in [-0.1, -0.05) is 5.21 Å². The number of aliphatic hydroxyl groups is 8. The van der Waals surface area contributed by atoms with E-state index in [4.69, 9.17) is 14.2 Å². The van der Waals surface area contributed by atoms with E-state index in [9.17, 15) is 55.5 Å². The first kappa shape index (κ1) is 30.2. The van der Waals surface area contributed by atoms with Gasteiger partial charge in [-0.2, -0.15) is 0 Å². The summed E-state index contributed by atoms with van der Waals surface area (Å²) in [6.07, 6.45) is -14.3. The minimum absolute atomic E-state index is 0.0443. The van der Waals surface area contributed by atoms with Gasteiger partial charge in [-0.3, -0.25) is 4.79 Å². The summed E-state index contributed by atoms with van der Waals surface area (Å²) in [5.74, 6) is -4.99. The number of carboxylic acid groups (broad SMARTS) is 1. The smallest absolute Gasteiger partial charge is 0.364 e. The first-order valence-corrected chi connectivity index (χ1v) is 11.5. The Morgan fingerprint density at radius 3 is 2.47 bits per heavy atom. The number of nitrogens with one attached hydrogen (secondary N) is 1. The molecular weight excluding hydrogens is 520 g/mol. The SMILES string of the molecule is CC(=O)N[C@H]1[C@H]([C@H](O)[C@H](O)CO)O[C@@](OCc2cn([C@@H]3O[C@H](CO)[C@H](O)[C@H](O)[C@H]3O)nn2)(C(=O)O)C[C@@H]1O. The third-order valence-corrected chi connectivity index (χ3v) is 6.33. The molecule has 216 valence electrons. The summed E-state index contributed by atoms with van der Waals surface area (Å²) in [5, 5.41) is 99.3. The standard InChI is InChI=1S/C20H32N4O14/c1-7(27)21-12-9(28)2-20(19(34)35,38-17(12)13(30)10(29)4-25)36-6-8-3-24(23-22-8)18-16(33)15(32)14(31)11(5-26)37-18/h3,9-18,25-26,28-33H,2,4-6H2,1H3,(H,21,27)(H,34,35)/t9-,10+,11+,12+,13+,14-,15-,16+,17+,18+,20+/m0/s1. The molecule has 1 amide bonds. The van der Waals surface area contributed by atoms with Gasteiger partial charge in [-0.05, 0) is 0 Å². The van der Waals surface area contributed by atoms with E-state index in [1.54, 1.807) is 0 Å². The van der Waals surface area contributed by atoms with Crippen LogP contribution in [0.3, 0.4) is 0 Å². The van der Waals surface area contributed by atoms with Crippen molar-refractivity contribution < 1.29 is 69.8 Å². The Morgan fingerprint density at radius 2 is 1.89 bits per heavy atom. The average Bonchev–Trinajstić information content (AvgIpc) is 3.35. The summed E-state index contributed by atoms with van der Waals surface area (Å²) in [5.41, 5.74) is -0.0443. The van der Waals surface area contributed by atoms with Crippen molar-refractivity contribution in [3.63, 3.8) is 0 Å². The van der Waals surface area contributed by atoms with E-state index < -0.39 is 105 Å². The highest BCUT2D eigenvalue weighted by Crippen LogP contribution is 2.34. The number of hydrogen-bond acceptors (Lipinski definition) is 15. The number of hydrogen-bond donors (Lipinski definition) is 10. The Bertz CT molecular complexity index is 964. The van der Waals surface area contributed by atoms with Crippen molar-refractivity contribution in [3.05, 3.63) is 11.9 Å². The van der Waals surface area contributed by atoms with E-state index in [-0.39, 0.29) is 5.69 Å². The largest absolute Gasteiger partial charge is 0.477 e. The van der Waals surface area contributed by atoms with E-state index in [2.05, 4.69) is 15.6 Å². The summed E-state index contributed by atoms with van der Waals surface area (Å²) in [6, 6.07) is -1.37. The van der Waals surface area contributed by atoms with Gasteiger partial charge in [0.25, 0.3) is 5.79 Å². The van der Waals surface area contributed by atoms with Gasteiger partial charge in [0.2, 0.25) is 5.91 Å². The maximum atomic E-state index is 12.2. The summed E-state index contributed by atoms with van der Waals surface area (Å²) in [6.45, 7) is -1.13. The maximum absolute atomic E-state index is 12.2.